The highest BCUT2D eigenvalue weighted by molar-refractivity contribution is 7.13. The van der Waals surface area contributed by atoms with Crippen molar-refractivity contribution in [2.45, 2.75) is 31.3 Å². The molecule has 10 nitrogen and oxygen atoms in total. The smallest absolute Gasteiger partial charge is 0.407 e. The minimum absolute atomic E-state index is 0.0575. The molecular formula is C33H33N3O7S. The van der Waals surface area contributed by atoms with Crippen LogP contribution in [0.5, 0.6) is 5.75 Å². The summed E-state index contributed by atoms with van der Waals surface area (Å²) in [7, 11) is 1.62. The number of fused-ring (bicyclic) bond motifs is 1. The van der Waals surface area contributed by atoms with Crippen LogP contribution < -0.4 is 4.74 Å². The van der Waals surface area contributed by atoms with Crippen LogP contribution in [0.25, 0.3) is 21.5 Å². The minimum Gasteiger partial charge on any atom is -0.484 e. The van der Waals surface area contributed by atoms with Crippen LogP contribution >= 0.6 is 11.3 Å². The first-order chi connectivity index (χ1) is 21.6. The first-order valence-electron chi connectivity index (χ1n) is 14.4. The quantitative estimate of drug-likeness (QED) is 0.120. The molecule has 228 valence electrons. The monoisotopic (exact) mass is 615 g/mol. The van der Waals surface area contributed by atoms with Crippen molar-refractivity contribution in [3.05, 3.63) is 101 Å². The topological polar surface area (TPSA) is 116 Å². The second-order valence-corrected chi connectivity index (χ2v) is 11.4. The Balaban J connectivity index is 1.18. The van der Waals surface area contributed by atoms with Gasteiger partial charge in [-0.2, -0.15) is 4.98 Å². The highest BCUT2D eigenvalue weighted by Gasteiger charge is 2.35. The van der Waals surface area contributed by atoms with Crippen LogP contribution in [-0.2, 0) is 20.8 Å². The lowest BCUT2D eigenvalue weighted by Crippen LogP contribution is -2.47. The SMILES string of the molecule is COCCOC(OC1CN(C(=O)O)CCC1c1ccc(OCc2nc(-c3cccs3)no2)cc1)c1ccc2ccccc2c1. The molecule has 1 amide bonds. The average Bonchev–Trinajstić information content (AvgIpc) is 3.76. The fourth-order valence-electron chi connectivity index (χ4n) is 5.35. The number of rotatable bonds is 12. The van der Waals surface area contributed by atoms with Crippen LogP contribution in [0.1, 0.15) is 35.6 Å². The van der Waals surface area contributed by atoms with Crippen molar-refractivity contribution in [3.8, 4) is 16.5 Å². The van der Waals surface area contributed by atoms with E-state index >= 15 is 0 Å². The second-order valence-electron chi connectivity index (χ2n) is 10.4. The summed E-state index contributed by atoms with van der Waals surface area (Å²) in [4.78, 5) is 18.7. The molecule has 0 bridgehead atoms. The first-order valence-corrected chi connectivity index (χ1v) is 15.3. The molecule has 5 aromatic rings. The Morgan fingerprint density at radius 2 is 1.91 bits per heavy atom. The van der Waals surface area contributed by atoms with Gasteiger partial charge >= 0.3 is 6.09 Å². The summed E-state index contributed by atoms with van der Waals surface area (Å²) in [6.07, 6.45) is -1.51. The van der Waals surface area contributed by atoms with Gasteiger partial charge in [0.2, 0.25) is 5.82 Å². The van der Waals surface area contributed by atoms with Crippen molar-refractivity contribution in [2.24, 2.45) is 0 Å². The molecule has 44 heavy (non-hydrogen) atoms. The molecule has 1 saturated heterocycles. The van der Waals surface area contributed by atoms with Crippen LogP contribution in [0.4, 0.5) is 4.79 Å². The predicted octanol–water partition coefficient (Wildman–Crippen LogP) is 6.74. The summed E-state index contributed by atoms with van der Waals surface area (Å²) >= 11 is 1.54. The Hall–Kier alpha value is -4.29. The average molecular weight is 616 g/mol. The zero-order valence-corrected chi connectivity index (χ0v) is 25.0. The van der Waals surface area contributed by atoms with E-state index in [2.05, 4.69) is 22.3 Å². The third kappa shape index (κ3) is 7.08. The van der Waals surface area contributed by atoms with E-state index in [-0.39, 0.29) is 19.1 Å². The lowest BCUT2D eigenvalue weighted by molar-refractivity contribution is -0.192. The number of likely N-dealkylation sites (tertiary alicyclic amines) is 1. The van der Waals surface area contributed by atoms with E-state index in [1.54, 1.807) is 18.4 Å². The molecule has 1 aliphatic heterocycles. The van der Waals surface area contributed by atoms with E-state index < -0.39 is 18.5 Å². The Morgan fingerprint density at radius 1 is 1.07 bits per heavy atom. The molecule has 0 saturated carbocycles. The first kappa shape index (κ1) is 29.8. The van der Waals surface area contributed by atoms with Crippen LogP contribution in [0.2, 0.25) is 0 Å². The van der Waals surface area contributed by atoms with Crippen LogP contribution in [0.3, 0.4) is 0 Å². The number of nitrogens with zero attached hydrogens (tertiary/aromatic N) is 3. The van der Waals surface area contributed by atoms with Crippen LogP contribution in [-0.4, -0.2) is 65.8 Å². The Kier molecular flexibility index (Phi) is 9.47. The minimum atomic E-state index is -0.966. The summed E-state index contributed by atoms with van der Waals surface area (Å²) in [5.74, 6) is 1.53. The van der Waals surface area contributed by atoms with Gasteiger partial charge in [0, 0.05) is 25.1 Å². The fraction of sp³-hybridized carbons (Fsp3) is 0.303. The number of methoxy groups -OCH3 is 1. The molecule has 1 fully saturated rings. The van der Waals surface area contributed by atoms with Gasteiger partial charge in [0.05, 0.1) is 30.7 Å². The number of hydrogen-bond donors (Lipinski definition) is 1. The summed E-state index contributed by atoms with van der Waals surface area (Å²) < 4.78 is 29.3. The summed E-state index contributed by atoms with van der Waals surface area (Å²) in [5, 5.41) is 18.0. The maximum Gasteiger partial charge on any atom is 0.407 e. The van der Waals surface area contributed by atoms with E-state index in [9.17, 15) is 9.90 Å². The van der Waals surface area contributed by atoms with Gasteiger partial charge in [-0.3, -0.25) is 0 Å². The van der Waals surface area contributed by atoms with Crippen LogP contribution in [0.15, 0.2) is 88.8 Å². The van der Waals surface area contributed by atoms with Crippen molar-refractivity contribution in [2.75, 3.05) is 33.4 Å². The van der Waals surface area contributed by atoms with Crippen molar-refractivity contribution in [1.82, 2.24) is 15.0 Å². The number of ether oxygens (including phenoxy) is 4. The third-order valence-corrected chi connectivity index (χ3v) is 8.48. The number of hydrogen-bond acceptors (Lipinski definition) is 9. The third-order valence-electron chi connectivity index (χ3n) is 7.61. The summed E-state index contributed by atoms with van der Waals surface area (Å²) in [5.41, 5.74) is 1.89. The van der Waals surface area contributed by atoms with Crippen molar-refractivity contribution in [3.63, 3.8) is 0 Å². The number of carbonyl (C=O) groups is 1. The molecule has 2 aromatic heterocycles. The fourth-order valence-corrected chi connectivity index (χ4v) is 6.00. The predicted molar refractivity (Wildman–Crippen MR) is 165 cm³/mol. The molecule has 11 heteroatoms. The van der Waals surface area contributed by atoms with Gasteiger partial charge < -0.3 is 33.5 Å². The molecule has 1 N–H and O–H groups in total. The normalized spacial score (nSPS) is 17.5. The highest BCUT2D eigenvalue weighted by Crippen LogP contribution is 2.36. The standard InChI is InChI=1S/C33H33N3O7S/c1-39-16-17-40-32(25-9-8-22-5-2-3-6-24(22)19-25)42-28-20-36(33(37)38)15-14-27(28)23-10-12-26(13-11-23)41-21-30-34-31(35-43-30)29-7-4-18-44-29/h2-13,18-19,27-28,32H,14-17,20-21H2,1H3,(H,37,38). The zero-order valence-electron chi connectivity index (χ0n) is 24.2. The zero-order chi connectivity index (χ0) is 30.3. The van der Waals surface area contributed by atoms with E-state index in [0.717, 1.165) is 26.8 Å². The number of aromatic nitrogens is 2. The van der Waals surface area contributed by atoms with Gasteiger partial charge in [-0.05, 0) is 52.4 Å². The van der Waals surface area contributed by atoms with Gasteiger partial charge in [0.1, 0.15) is 5.75 Å². The lowest BCUT2D eigenvalue weighted by Gasteiger charge is -2.39. The summed E-state index contributed by atoms with van der Waals surface area (Å²) in [6.45, 7) is 1.51. The maximum absolute atomic E-state index is 11.9. The van der Waals surface area contributed by atoms with Gasteiger partial charge in [0.15, 0.2) is 12.9 Å². The maximum atomic E-state index is 11.9. The number of piperidine rings is 1. The van der Waals surface area contributed by atoms with Crippen molar-refractivity contribution < 1.29 is 33.4 Å². The van der Waals surface area contributed by atoms with Gasteiger partial charge in [-0.15, -0.1) is 11.3 Å². The van der Waals surface area contributed by atoms with Gasteiger partial charge in [-0.1, -0.05) is 59.8 Å². The second kappa shape index (κ2) is 14.0. The largest absolute Gasteiger partial charge is 0.484 e. The van der Waals surface area contributed by atoms with Crippen molar-refractivity contribution >= 4 is 28.2 Å². The number of benzene rings is 3. The molecule has 0 radical (unpaired) electrons. The van der Waals surface area contributed by atoms with Gasteiger partial charge in [-0.25, -0.2) is 4.79 Å². The Labute approximate surface area is 258 Å². The highest BCUT2D eigenvalue weighted by atomic mass is 32.1. The van der Waals surface area contributed by atoms with E-state index in [0.29, 0.717) is 43.6 Å². The molecule has 3 heterocycles. The summed E-state index contributed by atoms with van der Waals surface area (Å²) in [6, 6.07) is 25.8. The Bertz CT molecular complexity index is 1660. The van der Waals surface area contributed by atoms with Crippen LogP contribution in [0, 0.1) is 0 Å². The molecule has 0 aliphatic carbocycles. The van der Waals surface area contributed by atoms with E-state index in [1.165, 1.54) is 4.90 Å². The van der Waals surface area contributed by atoms with Crippen molar-refractivity contribution in [1.29, 1.82) is 0 Å². The molecule has 1 aliphatic rings. The molecule has 3 unspecified atom stereocenters. The van der Waals surface area contributed by atoms with E-state index in [4.69, 9.17) is 23.5 Å². The molecule has 6 rings (SSSR count). The molecule has 0 spiro atoms. The molecule has 3 aromatic carbocycles. The molecule has 3 atom stereocenters. The number of thiophene rings is 1. The lowest BCUT2D eigenvalue weighted by atomic mass is 9.87. The molecular weight excluding hydrogens is 582 g/mol. The Morgan fingerprint density at radius 3 is 2.68 bits per heavy atom. The number of amides is 1. The number of carboxylic acid groups (broad SMARTS) is 1. The van der Waals surface area contributed by atoms with E-state index in [1.807, 2.05) is 72.1 Å². The van der Waals surface area contributed by atoms with Gasteiger partial charge in [0.25, 0.3) is 5.89 Å².